The Bertz CT molecular complexity index is 707. The number of piperidine rings is 1. The van der Waals surface area contributed by atoms with Crippen LogP contribution in [0.4, 0.5) is 0 Å². The van der Waals surface area contributed by atoms with E-state index in [4.69, 9.17) is 22.0 Å². The topological polar surface area (TPSA) is 104 Å². The molecule has 0 radical (unpaired) electrons. The zero-order chi connectivity index (χ0) is 20.3. The van der Waals surface area contributed by atoms with Crippen molar-refractivity contribution in [1.29, 1.82) is 5.41 Å². The van der Waals surface area contributed by atoms with Crippen molar-refractivity contribution in [2.45, 2.75) is 64.6 Å². The van der Waals surface area contributed by atoms with Crippen molar-refractivity contribution in [2.24, 2.45) is 27.9 Å². The lowest BCUT2D eigenvalue weighted by Gasteiger charge is -2.43. The van der Waals surface area contributed by atoms with Crippen LogP contribution in [0.2, 0.25) is 0 Å². The second-order valence-corrected chi connectivity index (χ2v) is 8.65. The van der Waals surface area contributed by atoms with Crippen molar-refractivity contribution in [1.82, 2.24) is 10.3 Å². The quantitative estimate of drug-likeness (QED) is 0.262. The van der Waals surface area contributed by atoms with E-state index in [2.05, 4.69) is 55.4 Å². The third-order valence-corrected chi connectivity index (χ3v) is 7.11. The van der Waals surface area contributed by atoms with Crippen molar-refractivity contribution in [3.8, 4) is 0 Å². The molecule has 3 rings (SSSR count). The van der Waals surface area contributed by atoms with Gasteiger partial charge in [-0.2, -0.15) is 0 Å². The Hall–Kier alpha value is -1.76. The van der Waals surface area contributed by atoms with Crippen LogP contribution in [0.25, 0.3) is 0 Å². The number of nitrogens with two attached hydrogens (primary N) is 2. The monoisotopic (exact) mass is 384 g/mol. The third-order valence-electron chi connectivity index (χ3n) is 7.11. The van der Waals surface area contributed by atoms with Gasteiger partial charge in [0.25, 0.3) is 0 Å². The lowest BCUT2D eigenvalue weighted by Crippen LogP contribution is -2.49. The van der Waals surface area contributed by atoms with Gasteiger partial charge >= 0.3 is 0 Å². The number of rotatable bonds is 6. The van der Waals surface area contributed by atoms with E-state index in [1.807, 2.05) is 0 Å². The molecular formula is C22H36N6. The molecule has 0 amide bonds. The average molecular weight is 385 g/mol. The molecule has 1 saturated heterocycles. The van der Waals surface area contributed by atoms with Gasteiger partial charge in [0.1, 0.15) is 5.84 Å². The number of hydrazine groups is 1. The molecule has 4 atom stereocenters. The molecule has 1 heterocycles. The predicted molar refractivity (Wildman–Crippen MR) is 117 cm³/mol. The molecule has 1 spiro atoms. The molecule has 1 unspecified atom stereocenters. The fourth-order valence-electron chi connectivity index (χ4n) is 5.02. The standard InChI is InChI=1S/C22H36N6/c1-4-15(2)20(27-25)16(3)26-19(14-23)28-11-9-22(10-12-28)13-17-7-5-6-8-18(17)21(22)24/h5-8,14-16,20-21,23,27H,4,9-13,24-25H2,1-3H3/t15-,16?,20+,21+/m0/s1. The van der Waals surface area contributed by atoms with Crippen LogP contribution in [0.5, 0.6) is 0 Å². The Kier molecular flexibility index (Phi) is 6.53. The maximum atomic E-state index is 7.91. The zero-order valence-corrected chi connectivity index (χ0v) is 17.5. The van der Waals surface area contributed by atoms with Gasteiger partial charge in [0, 0.05) is 25.2 Å². The molecule has 6 N–H and O–H groups in total. The fraction of sp³-hybridized carbons (Fsp3) is 0.636. The van der Waals surface area contributed by atoms with Gasteiger partial charge in [-0.25, -0.2) is 0 Å². The molecule has 1 aliphatic carbocycles. The molecule has 154 valence electrons. The van der Waals surface area contributed by atoms with Crippen LogP contribution in [0, 0.1) is 16.7 Å². The minimum atomic E-state index is 0.0189. The van der Waals surface area contributed by atoms with Gasteiger partial charge in [-0.15, -0.1) is 0 Å². The molecule has 2 aliphatic rings. The molecule has 1 aromatic carbocycles. The number of benzene rings is 1. The molecule has 1 aliphatic heterocycles. The maximum Gasteiger partial charge on any atom is 0.141 e. The summed E-state index contributed by atoms with van der Waals surface area (Å²) in [5, 5.41) is 7.91. The fourth-order valence-corrected chi connectivity index (χ4v) is 5.02. The van der Waals surface area contributed by atoms with E-state index in [9.17, 15) is 0 Å². The van der Waals surface area contributed by atoms with E-state index >= 15 is 0 Å². The lowest BCUT2D eigenvalue weighted by molar-refractivity contribution is 0.128. The Morgan fingerprint density at radius 1 is 1.36 bits per heavy atom. The van der Waals surface area contributed by atoms with Crippen LogP contribution in [-0.4, -0.2) is 42.1 Å². The summed E-state index contributed by atoms with van der Waals surface area (Å²) in [7, 11) is 0. The van der Waals surface area contributed by atoms with Crippen LogP contribution in [-0.2, 0) is 6.42 Å². The third kappa shape index (κ3) is 3.86. The highest BCUT2D eigenvalue weighted by atomic mass is 15.3. The summed E-state index contributed by atoms with van der Waals surface area (Å²) in [6.07, 6.45) is 5.57. The van der Waals surface area contributed by atoms with Crippen molar-refractivity contribution in [2.75, 3.05) is 13.1 Å². The molecule has 6 nitrogen and oxygen atoms in total. The Labute approximate surface area is 169 Å². The first-order chi connectivity index (χ1) is 13.5. The van der Waals surface area contributed by atoms with Crippen LogP contribution >= 0.6 is 0 Å². The predicted octanol–water partition coefficient (Wildman–Crippen LogP) is 2.64. The van der Waals surface area contributed by atoms with Crippen LogP contribution < -0.4 is 17.0 Å². The van der Waals surface area contributed by atoms with E-state index in [0.29, 0.717) is 5.92 Å². The number of amidine groups is 1. The molecule has 0 bridgehead atoms. The average Bonchev–Trinajstić information content (AvgIpc) is 2.99. The van der Waals surface area contributed by atoms with Crippen LogP contribution in [0.3, 0.4) is 0 Å². The number of nitrogens with one attached hydrogen (secondary N) is 2. The first-order valence-electron chi connectivity index (χ1n) is 10.6. The summed E-state index contributed by atoms with van der Waals surface area (Å²) >= 11 is 0. The minimum Gasteiger partial charge on any atom is -0.356 e. The molecule has 0 saturated carbocycles. The van der Waals surface area contributed by atoms with Crippen molar-refractivity contribution < 1.29 is 0 Å². The first kappa shape index (κ1) is 21.0. The SMILES string of the molecule is CC[C@H](C)[C@@H](NN)C(C)N=C(C=N)N1CCC2(CC1)Cc1ccccc1[C@H]2N. The molecule has 28 heavy (non-hydrogen) atoms. The minimum absolute atomic E-state index is 0.0189. The summed E-state index contributed by atoms with van der Waals surface area (Å²) in [4.78, 5) is 7.10. The van der Waals surface area contributed by atoms with Crippen molar-refractivity contribution in [3.63, 3.8) is 0 Å². The van der Waals surface area contributed by atoms with E-state index in [1.54, 1.807) is 0 Å². The number of fused-ring (bicyclic) bond motifs is 1. The van der Waals surface area contributed by atoms with E-state index in [0.717, 1.165) is 44.6 Å². The van der Waals surface area contributed by atoms with Gasteiger partial charge in [0.15, 0.2) is 0 Å². The number of hydrogen-bond acceptors (Lipinski definition) is 5. The summed E-state index contributed by atoms with van der Waals surface area (Å²) < 4.78 is 0. The van der Waals surface area contributed by atoms with E-state index < -0.39 is 0 Å². The number of likely N-dealkylation sites (tertiary alicyclic amines) is 1. The highest BCUT2D eigenvalue weighted by Gasteiger charge is 2.46. The number of nitrogens with zero attached hydrogens (tertiary/aromatic N) is 2. The molecule has 1 fully saturated rings. The Morgan fingerprint density at radius 3 is 2.61 bits per heavy atom. The second kappa shape index (κ2) is 8.72. The molecule has 6 heteroatoms. The lowest BCUT2D eigenvalue weighted by atomic mass is 9.73. The van der Waals surface area contributed by atoms with Crippen LogP contribution in [0.1, 0.15) is 57.2 Å². The summed E-state index contributed by atoms with van der Waals surface area (Å²) in [6, 6.07) is 8.84. The zero-order valence-electron chi connectivity index (χ0n) is 17.5. The van der Waals surface area contributed by atoms with Gasteiger partial charge < -0.3 is 16.0 Å². The second-order valence-electron chi connectivity index (χ2n) is 8.65. The van der Waals surface area contributed by atoms with Crippen molar-refractivity contribution >= 4 is 12.1 Å². The summed E-state index contributed by atoms with van der Waals surface area (Å²) in [6.45, 7) is 8.22. The molecule has 0 aromatic heterocycles. The van der Waals surface area contributed by atoms with Gasteiger partial charge in [-0.1, -0.05) is 44.5 Å². The Morgan fingerprint density at radius 2 is 2.04 bits per heavy atom. The first-order valence-corrected chi connectivity index (χ1v) is 10.6. The summed E-state index contributed by atoms with van der Waals surface area (Å²) in [5.74, 6) is 6.96. The normalized spacial score (nSPS) is 24.7. The number of hydrogen-bond donors (Lipinski definition) is 4. The van der Waals surface area contributed by atoms with Gasteiger partial charge in [0.2, 0.25) is 0 Å². The van der Waals surface area contributed by atoms with Crippen molar-refractivity contribution in [3.05, 3.63) is 35.4 Å². The van der Waals surface area contributed by atoms with Gasteiger partial charge in [-0.05, 0) is 48.6 Å². The smallest absolute Gasteiger partial charge is 0.141 e. The number of aliphatic imine (C=N–C) groups is 1. The highest BCUT2D eigenvalue weighted by molar-refractivity contribution is 6.28. The molecule has 1 aromatic rings. The van der Waals surface area contributed by atoms with E-state index in [-0.39, 0.29) is 23.5 Å². The largest absolute Gasteiger partial charge is 0.356 e. The summed E-state index contributed by atoms with van der Waals surface area (Å²) in [5.41, 5.74) is 12.5. The van der Waals surface area contributed by atoms with Crippen LogP contribution in [0.15, 0.2) is 29.3 Å². The molecular weight excluding hydrogens is 348 g/mol. The van der Waals surface area contributed by atoms with Gasteiger partial charge in [0.05, 0.1) is 12.3 Å². The highest BCUT2D eigenvalue weighted by Crippen LogP contribution is 2.50. The maximum absolute atomic E-state index is 7.91. The Balaban J connectivity index is 1.69. The van der Waals surface area contributed by atoms with E-state index in [1.165, 1.54) is 17.3 Å². The van der Waals surface area contributed by atoms with Gasteiger partial charge in [-0.3, -0.25) is 16.3 Å².